The molecular formula is C31H21F4N3O4. The molecule has 7 nitrogen and oxygen atoms in total. The highest BCUT2D eigenvalue weighted by atomic mass is 19.4. The van der Waals surface area contributed by atoms with Gasteiger partial charge < -0.3 is 10.4 Å². The predicted octanol–water partition coefficient (Wildman–Crippen LogP) is 6.58. The van der Waals surface area contributed by atoms with Gasteiger partial charge in [0.2, 0.25) is 5.78 Å². The summed E-state index contributed by atoms with van der Waals surface area (Å²) in [6.07, 6.45) is -3.34. The number of halogens is 4. The number of ketones is 1. The number of hydrogen-bond donors (Lipinski definition) is 2. The van der Waals surface area contributed by atoms with Gasteiger partial charge >= 0.3 is 12.1 Å². The fraction of sp³-hybridized carbons (Fsp3) is 0.0968. The molecule has 0 saturated heterocycles. The van der Waals surface area contributed by atoms with Crippen molar-refractivity contribution in [1.82, 2.24) is 14.7 Å². The maximum Gasteiger partial charge on any atom is 0.416 e. The van der Waals surface area contributed by atoms with Crippen LogP contribution < -0.4 is 5.32 Å². The fourth-order valence-electron chi connectivity index (χ4n) is 4.48. The summed E-state index contributed by atoms with van der Waals surface area (Å²) in [4.78, 5) is 42.6. The van der Waals surface area contributed by atoms with Crippen LogP contribution in [0.3, 0.4) is 0 Å². The van der Waals surface area contributed by atoms with Crippen LogP contribution >= 0.6 is 0 Å². The number of pyridine rings is 1. The van der Waals surface area contributed by atoms with Crippen LogP contribution in [0.25, 0.3) is 16.8 Å². The molecule has 2 N–H and O–H groups in total. The molecule has 0 radical (unpaired) electrons. The minimum Gasteiger partial charge on any atom is -0.478 e. The fourth-order valence-corrected chi connectivity index (χ4v) is 4.48. The van der Waals surface area contributed by atoms with Crippen molar-refractivity contribution in [1.29, 1.82) is 0 Å². The van der Waals surface area contributed by atoms with E-state index in [0.29, 0.717) is 16.7 Å². The third-order valence-electron chi connectivity index (χ3n) is 6.73. The summed E-state index contributed by atoms with van der Waals surface area (Å²) in [5, 5.41) is 12.0. The number of nitrogens with one attached hydrogen (secondary N) is 1. The Morgan fingerprint density at radius 3 is 2.05 bits per heavy atom. The third kappa shape index (κ3) is 5.62. The van der Waals surface area contributed by atoms with Gasteiger partial charge in [0, 0.05) is 5.56 Å². The monoisotopic (exact) mass is 575 g/mol. The molecule has 2 heterocycles. The number of carbonyl (C=O) groups excluding carboxylic acids is 2. The molecule has 0 aliphatic rings. The number of rotatable bonds is 7. The number of carboxylic acid groups (broad SMARTS) is 1. The van der Waals surface area contributed by atoms with E-state index in [2.05, 4.69) is 10.3 Å². The highest BCUT2D eigenvalue weighted by molar-refractivity contribution is 6.09. The normalized spacial score (nSPS) is 12.2. The Bertz CT molecular complexity index is 1810. The second-order valence-corrected chi connectivity index (χ2v) is 9.50. The lowest BCUT2D eigenvalue weighted by Gasteiger charge is -2.17. The molecule has 5 rings (SSSR count). The highest BCUT2D eigenvalue weighted by Gasteiger charge is 2.30. The van der Waals surface area contributed by atoms with E-state index in [1.807, 2.05) is 0 Å². The van der Waals surface area contributed by atoms with Gasteiger partial charge in [0.25, 0.3) is 5.91 Å². The van der Waals surface area contributed by atoms with E-state index < -0.39 is 41.3 Å². The maximum absolute atomic E-state index is 13.7. The molecule has 0 unspecified atom stereocenters. The van der Waals surface area contributed by atoms with Crippen LogP contribution in [-0.2, 0) is 6.18 Å². The van der Waals surface area contributed by atoms with Crippen LogP contribution in [0.2, 0.25) is 0 Å². The third-order valence-corrected chi connectivity index (χ3v) is 6.73. The number of amides is 1. The van der Waals surface area contributed by atoms with Crippen molar-refractivity contribution in [3.05, 3.63) is 131 Å². The highest BCUT2D eigenvalue weighted by Crippen LogP contribution is 2.30. The second kappa shape index (κ2) is 10.9. The van der Waals surface area contributed by atoms with E-state index in [-0.39, 0.29) is 28.2 Å². The molecule has 0 fully saturated rings. The van der Waals surface area contributed by atoms with Crippen molar-refractivity contribution in [2.45, 2.75) is 19.1 Å². The molecule has 2 aromatic heterocycles. The van der Waals surface area contributed by atoms with E-state index in [1.54, 1.807) is 25.1 Å². The lowest BCUT2D eigenvalue weighted by molar-refractivity contribution is -0.137. The van der Waals surface area contributed by atoms with Gasteiger partial charge in [-0.1, -0.05) is 36.4 Å². The van der Waals surface area contributed by atoms with Crippen LogP contribution in [0, 0.1) is 5.82 Å². The SMILES string of the molecule is C[C@H](NC(=O)c1cc(-c2ccc(F)cc2)cc2ncc(C(=O)c3ccc(C(F)(F)F)cc3)n12)c1ccc(C(=O)O)cc1. The van der Waals surface area contributed by atoms with Crippen molar-refractivity contribution in [2.24, 2.45) is 0 Å². The van der Waals surface area contributed by atoms with Crippen LogP contribution in [0.1, 0.15) is 61.0 Å². The summed E-state index contributed by atoms with van der Waals surface area (Å²) in [5.74, 6) is -2.82. The number of nitrogens with zero attached hydrogens (tertiary/aromatic N) is 2. The van der Waals surface area contributed by atoms with E-state index in [1.165, 1.54) is 53.1 Å². The number of benzene rings is 3. The summed E-state index contributed by atoms with van der Waals surface area (Å²) in [6.45, 7) is 1.69. The van der Waals surface area contributed by atoms with Crippen molar-refractivity contribution >= 4 is 23.3 Å². The second-order valence-electron chi connectivity index (χ2n) is 9.50. The molecule has 0 saturated carbocycles. The Hall–Kier alpha value is -5.32. The van der Waals surface area contributed by atoms with Gasteiger partial charge in [0.1, 0.15) is 22.9 Å². The average molecular weight is 576 g/mol. The predicted molar refractivity (Wildman–Crippen MR) is 145 cm³/mol. The molecule has 0 aliphatic heterocycles. The topological polar surface area (TPSA) is 101 Å². The van der Waals surface area contributed by atoms with Crippen molar-refractivity contribution in [3.8, 4) is 11.1 Å². The van der Waals surface area contributed by atoms with Gasteiger partial charge in [-0.15, -0.1) is 0 Å². The lowest BCUT2D eigenvalue weighted by Crippen LogP contribution is -2.29. The standard InChI is InChI=1S/C31H21F4N3O4/c1-17(18-2-4-21(5-3-18)30(41)42)37-29(40)25-14-22(19-8-12-24(32)13-9-19)15-27-36-16-26(38(25)27)28(39)20-6-10-23(11-7-20)31(33,34)35/h2-17H,1H3,(H,37,40)(H,41,42)/t17-/m0/s1. The lowest BCUT2D eigenvalue weighted by atomic mass is 10.0. The summed E-state index contributed by atoms with van der Waals surface area (Å²) in [6, 6.07) is 17.7. The molecule has 0 bridgehead atoms. The Balaban J connectivity index is 1.57. The molecule has 5 aromatic rings. The van der Waals surface area contributed by atoms with Gasteiger partial charge in [-0.2, -0.15) is 13.2 Å². The molecule has 212 valence electrons. The molecule has 1 atom stereocenters. The first-order chi connectivity index (χ1) is 19.9. The molecule has 1 amide bonds. The minimum atomic E-state index is -4.57. The minimum absolute atomic E-state index is 0.00593. The zero-order valence-corrected chi connectivity index (χ0v) is 21.8. The molecule has 11 heteroatoms. The van der Waals surface area contributed by atoms with Gasteiger partial charge in [-0.25, -0.2) is 14.2 Å². The van der Waals surface area contributed by atoms with E-state index in [0.717, 1.165) is 24.3 Å². The Kier molecular flexibility index (Phi) is 7.34. The summed E-state index contributed by atoms with van der Waals surface area (Å²) in [7, 11) is 0. The number of carbonyl (C=O) groups is 3. The summed E-state index contributed by atoms with van der Waals surface area (Å²) in [5.41, 5.74) is 0.969. The van der Waals surface area contributed by atoms with Crippen molar-refractivity contribution in [3.63, 3.8) is 0 Å². The number of aromatic nitrogens is 2. The number of hydrogen-bond acceptors (Lipinski definition) is 4. The zero-order chi connectivity index (χ0) is 30.2. The van der Waals surface area contributed by atoms with Gasteiger partial charge in [-0.3, -0.25) is 14.0 Å². The van der Waals surface area contributed by atoms with Crippen molar-refractivity contribution in [2.75, 3.05) is 0 Å². The number of fused-ring (bicyclic) bond motifs is 1. The number of aromatic carboxylic acids is 1. The molecular weight excluding hydrogens is 554 g/mol. The van der Waals surface area contributed by atoms with Gasteiger partial charge in [-0.05, 0) is 72.1 Å². The molecule has 0 spiro atoms. The van der Waals surface area contributed by atoms with E-state index in [4.69, 9.17) is 5.11 Å². The first-order valence-electron chi connectivity index (χ1n) is 12.6. The largest absolute Gasteiger partial charge is 0.478 e. The number of carboxylic acids is 1. The number of imidazole rings is 1. The Labute approximate surface area is 236 Å². The Morgan fingerprint density at radius 1 is 0.833 bits per heavy atom. The van der Waals surface area contributed by atoms with Crippen molar-refractivity contribution < 1.29 is 37.1 Å². The van der Waals surface area contributed by atoms with Gasteiger partial charge in [0.05, 0.1) is 23.4 Å². The smallest absolute Gasteiger partial charge is 0.416 e. The van der Waals surface area contributed by atoms with E-state index >= 15 is 0 Å². The summed E-state index contributed by atoms with van der Waals surface area (Å²) < 4.78 is 54.0. The molecule has 3 aromatic carbocycles. The van der Waals surface area contributed by atoms with Crippen LogP contribution in [0.4, 0.5) is 17.6 Å². The first kappa shape index (κ1) is 28.2. The van der Waals surface area contributed by atoms with Crippen LogP contribution in [0.15, 0.2) is 91.1 Å². The number of alkyl halides is 3. The van der Waals surface area contributed by atoms with Gasteiger partial charge in [0.15, 0.2) is 0 Å². The molecule has 42 heavy (non-hydrogen) atoms. The maximum atomic E-state index is 13.7. The van der Waals surface area contributed by atoms with E-state index in [9.17, 15) is 31.9 Å². The van der Waals surface area contributed by atoms with Crippen LogP contribution in [0.5, 0.6) is 0 Å². The zero-order valence-electron chi connectivity index (χ0n) is 21.8. The first-order valence-corrected chi connectivity index (χ1v) is 12.6. The quantitative estimate of drug-likeness (QED) is 0.169. The van der Waals surface area contributed by atoms with Crippen LogP contribution in [-0.4, -0.2) is 32.2 Å². The summed E-state index contributed by atoms with van der Waals surface area (Å²) >= 11 is 0. The Morgan fingerprint density at radius 2 is 1.45 bits per heavy atom. The average Bonchev–Trinajstić information content (AvgIpc) is 3.40. The molecule has 0 aliphatic carbocycles.